The maximum atomic E-state index is 12.2. The molecule has 0 amide bonds. The summed E-state index contributed by atoms with van der Waals surface area (Å²) in [6, 6.07) is 1.44. The zero-order valence-electron chi connectivity index (χ0n) is 11.8. The van der Waals surface area contributed by atoms with Gasteiger partial charge in [0.15, 0.2) is 5.03 Å². The molecule has 2 heterocycles. The number of rotatable bonds is 6. The highest BCUT2D eigenvalue weighted by Crippen LogP contribution is 2.10. The molecular formula is C12H19N5O2S. The van der Waals surface area contributed by atoms with Crippen LogP contribution in [0.25, 0.3) is 0 Å². The van der Waals surface area contributed by atoms with Gasteiger partial charge in [-0.25, -0.2) is 13.1 Å². The SMILES string of the molecule is CCn1nccc1S(=O)(=O)NC[C@@H](C)n1cc(C)cn1. The minimum absolute atomic E-state index is 0.0588. The Morgan fingerprint density at radius 1 is 1.40 bits per heavy atom. The number of aryl methyl sites for hydroxylation is 2. The Kier molecular flexibility index (Phi) is 4.24. The summed E-state index contributed by atoms with van der Waals surface area (Å²) < 4.78 is 30.2. The first-order valence-corrected chi connectivity index (χ1v) is 7.94. The summed E-state index contributed by atoms with van der Waals surface area (Å²) in [5, 5.41) is 8.33. The molecule has 0 saturated heterocycles. The minimum atomic E-state index is -3.55. The van der Waals surface area contributed by atoms with Crippen molar-refractivity contribution < 1.29 is 8.42 Å². The van der Waals surface area contributed by atoms with Crippen LogP contribution in [0.2, 0.25) is 0 Å². The van der Waals surface area contributed by atoms with Gasteiger partial charge in [0.2, 0.25) is 0 Å². The van der Waals surface area contributed by atoms with E-state index in [1.54, 1.807) is 10.9 Å². The topological polar surface area (TPSA) is 81.8 Å². The van der Waals surface area contributed by atoms with E-state index in [0.29, 0.717) is 6.54 Å². The predicted octanol–water partition coefficient (Wildman–Crippen LogP) is 0.947. The second-order valence-corrected chi connectivity index (χ2v) is 6.40. The van der Waals surface area contributed by atoms with Crippen molar-refractivity contribution >= 4 is 10.0 Å². The van der Waals surface area contributed by atoms with E-state index in [4.69, 9.17) is 0 Å². The van der Waals surface area contributed by atoms with Crippen molar-refractivity contribution in [3.63, 3.8) is 0 Å². The molecule has 0 aliphatic rings. The molecular weight excluding hydrogens is 278 g/mol. The van der Waals surface area contributed by atoms with E-state index in [1.807, 2.05) is 27.0 Å². The average molecular weight is 297 g/mol. The molecule has 1 atom stereocenters. The van der Waals surface area contributed by atoms with Gasteiger partial charge < -0.3 is 0 Å². The molecule has 2 aromatic rings. The first kappa shape index (κ1) is 14.7. The number of aromatic nitrogens is 4. The van der Waals surface area contributed by atoms with Crippen LogP contribution in [0.4, 0.5) is 0 Å². The lowest BCUT2D eigenvalue weighted by Gasteiger charge is -2.14. The normalized spacial score (nSPS) is 13.6. The van der Waals surface area contributed by atoms with Gasteiger partial charge in [0.05, 0.1) is 18.4 Å². The van der Waals surface area contributed by atoms with E-state index in [1.165, 1.54) is 16.9 Å². The van der Waals surface area contributed by atoms with E-state index >= 15 is 0 Å². The Bertz CT molecular complexity index is 674. The van der Waals surface area contributed by atoms with Gasteiger partial charge in [-0.05, 0) is 32.4 Å². The van der Waals surface area contributed by atoms with Gasteiger partial charge in [-0.3, -0.25) is 9.36 Å². The zero-order chi connectivity index (χ0) is 14.8. The van der Waals surface area contributed by atoms with Gasteiger partial charge in [0.1, 0.15) is 0 Å². The second kappa shape index (κ2) is 5.76. The minimum Gasteiger partial charge on any atom is -0.268 e. The van der Waals surface area contributed by atoms with Crippen LogP contribution in [-0.2, 0) is 16.6 Å². The molecule has 0 bridgehead atoms. The van der Waals surface area contributed by atoms with Gasteiger partial charge >= 0.3 is 0 Å². The lowest BCUT2D eigenvalue weighted by atomic mass is 10.3. The molecule has 0 fully saturated rings. The Hall–Kier alpha value is -1.67. The van der Waals surface area contributed by atoms with Crippen molar-refractivity contribution in [2.45, 2.75) is 38.4 Å². The summed E-state index contributed by atoms with van der Waals surface area (Å²) in [7, 11) is -3.55. The molecule has 0 unspecified atom stereocenters. The van der Waals surface area contributed by atoms with Crippen LogP contribution < -0.4 is 4.72 Å². The Morgan fingerprint density at radius 2 is 2.15 bits per heavy atom. The largest absolute Gasteiger partial charge is 0.268 e. The van der Waals surface area contributed by atoms with E-state index in [-0.39, 0.29) is 17.6 Å². The molecule has 1 N–H and O–H groups in total. The first-order valence-electron chi connectivity index (χ1n) is 6.46. The number of hydrogen-bond acceptors (Lipinski definition) is 4. The molecule has 2 rings (SSSR count). The molecule has 0 aliphatic carbocycles. The Labute approximate surface area is 118 Å². The molecule has 0 saturated carbocycles. The Balaban J connectivity index is 2.06. The van der Waals surface area contributed by atoms with Gasteiger partial charge in [-0.2, -0.15) is 10.2 Å². The fourth-order valence-electron chi connectivity index (χ4n) is 1.86. The maximum Gasteiger partial charge on any atom is 0.257 e. The second-order valence-electron chi connectivity index (χ2n) is 4.68. The standard InChI is InChI=1S/C12H19N5O2S/c1-4-16-12(5-6-13-16)20(18,19)15-8-11(3)17-9-10(2)7-14-17/h5-7,9,11,15H,4,8H2,1-3H3/t11-/m1/s1. The van der Waals surface area contributed by atoms with E-state index in [2.05, 4.69) is 14.9 Å². The monoisotopic (exact) mass is 297 g/mol. The lowest BCUT2D eigenvalue weighted by Crippen LogP contribution is -2.31. The van der Waals surface area contributed by atoms with Gasteiger partial charge in [-0.15, -0.1) is 0 Å². The highest BCUT2D eigenvalue weighted by Gasteiger charge is 2.19. The predicted molar refractivity (Wildman–Crippen MR) is 74.8 cm³/mol. The molecule has 0 radical (unpaired) electrons. The first-order chi connectivity index (χ1) is 9.44. The van der Waals surface area contributed by atoms with Crippen molar-refractivity contribution in [2.24, 2.45) is 0 Å². The summed E-state index contributed by atoms with van der Waals surface area (Å²) in [5.41, 5.74) is 1.05. The molecule has 7 nitrogen and oxygen atoms in total. The molecule has 0 aliphatic heterocycles. The molecule has 2 aromatic heterocycles. The van der Waals surface area contributed by atoms with Crippen LogP contribution in [0.1, 0.15) is 25.5 Å². The number of hydrogen-bond donors (Lipinski definition) is 1. The third-order valence-corrected chi connectivity index (χ3v) is 4.45. The van der Waals surface area contributed by atoms with Crippen molar-refractivity contribution in [1.29, 1.82) is 0 Å². The fraction of sp³-hybridized carbons (Fsp3) is 0.500. The molecule has 0 aromatic carbocycles. The number of sulfonamides is 1. The molecule has 110 valence electrons. The van der Waals surface area contributed by atoms with E-state index < -0.39 is 10.0 Å². The summed E-state index contributed by atoms with van der Waals surface area (Å²) in [6.07, 6.45) is 5.12. The van der Waals surface area contributed by atoms with E-state index in [9.17, 15) is 8.42 Å². The number of nitrogens with zero attached hydrogens (tertiary/aromatic N) is 4. The van der Waals surface area contributed by atoms with Crippen molar-refractivity contribution in [1.82, 2.24) is 24.3 Å². The summed E-state index contributed by atoms with van der Waals surface area (Å²) in [5.74, 6) is 0. The quantitative estimate of drug-likeness (QED) is 0.860. The number of nitrogens with one attached hydrogen (secondary N) is 1. The zero-order valence-corrected chi connectivity index (χ0v) is 12.6. The lowest BCUT2D eigenvalue weighted by molar-refractivity contribution is 0.475. The van der Waals surface area contributed by atoms with Crippen LogP contribution in [0, 0.1) is 6.92 Å². The molecule has 8 heteroatoms. The van der Waals surface area contributed by atoms with Crippen LogP contribution in [0.3, 0.4) is 0 Å². The third-order valence-electron chi connectivity index (χ3n) is 3.00. The van der Waals surface area contributed by atoms with Crippen LogP contribution >= 0.6 is 0 Å². The van der Waals surface area contributed by atoms with Crippen LogP contribution in [-0.4, -0.2) is 34.5 Å². The summed E-state index contributed by atoms with van der Waals surface area (Å²) in [4.78, 5) is 0. The maximum absolute atomic E-state index is 12.2. The highest BCUT2D eigenvalue weighted by molar-refractivity contribution is 7.89. The summed E-state index contributed by atoms with van der Waals surface area (Å²) in [6.45, 7) is 6.49. The van der Waals surface area contributed by atoms with Gasteiger partial charge in [-0.1, -0.05) is 0 Å². The van der Waals surface area contributed by atoms with E-state index in [0.717, 1.165) is 5.56 Å². The fourth-order valence-corrected chi connectivity index (χ4v) is 3.16. The average Bonchev–Trinajstić information content (AvgIpc) is 3.04. The van der Waals surface area contributed by atoms with Crippen molar-refractivity contribution in [2.75, 3.05) is 6.54 Å². The van der Waals surface area contributed by atoms with Crippen LogP contribution in [0.5, 0.6) is 0 Å². The van der Waals surface area contributed by atoms with Crippen LogP contribution in [0.15, 0.2) is 29.7 Å². The van der Waals surface area contributed by atoms with Gasteiger partial charge in [0.25, 0.3) is 10.0 Å². The van der Waals surface area contributed by atoms with Gasteiger partial charge in [0, 0.05) is 19.3 Å². The highest BCUT2D eigenvalue weighted by atomic mass is 32.2. The molecule has 20 heavy (non-hydrogen) atoms. The molecule has 0 spiro atoms. The van der Waals surface area contributed by atoms with Crippen molar-refractivity contribution in [3.05, 3.63) is 30.2 Å². The Morgan fingerprint density at radius 3 is 2.75 bits per heavy atom. The summed E-state index contributed by atoms with van der Waals surface area (Å²) >= 11 is 0. The van der Waals surface area contributed by atoms with Crippen molar-refractivity contribution in [3.8, 4) is 0 Å². The third kappa shape index (κ3) is 3.07. The smallest absolute Gasteiger partial charge is 0.257 e.